The van der Waals surface area contributed by atoms with Crippen LogP contribution in [0.4, 0.5) is 5.69 Å². The lowest BCUT2D eigenvalue weighted by Crippen LogP contribution is -2.40. The van der Waals surface area contributed by atoms with Crippen LogP contribution in [-0.2, 0) is 0 Å². The number of anilines is 1. The fourth-order valence-corrected chi connectivity index (χ4v) is 2.16. The molecule has 3 N–H and O–H groups in total. The maximum atomic E-state index is 8.93. The van der Waals surface area contributed by atoms with E-state index in [1.807, 2.05) is 32.2 Å². The van der Waals surface area contributed by atoms with Gasteiger partial charge in [-0.2, -0.15) is 0 Å². The summed E-state index contributed by atoms with van der Waals surface area (Å²) < 4.78 is 0. The Bertz CT molecular complexity index is 475. The number of benzene rings is 1. The Labute approximate surface area is 115 Å². The van der Waals surface area contributed by atoms with Crippen LogP contribution in [-0.4, -0.2) is 24.1 Å². The Kier molecular flexibility index (Phi) is 4.45. The first-order valence-electron chi connectivity index (χ1n) is 6.50. The molecule has 0 radical (unpaired) electrons. The molecule has 0 aliphatic heterocycles. The van der Waals surface area contributed by atoms with Crippen LogP contribution in [0.25, 0.3) is 0 Å². The lowest BCUT2D eigenvalue weighted by Gasteiger charge is -2.38. The number of amidine groups is 1. The number of nitrogens with two attached hydrogens (primary N) is 1. The Morgan fingerprint density at radius 3 is 2.42 bits per heavy atom. The van der Waals surface area contributed by atoms with Crippen molar-refractivity contribution in [2.45, 2.75) is 40.7 Å². The van der Waals surface area contributed by atoms with Crippen LogP contribution < -0.4 is 10.6 Å². The van der Waals surface area contributed by atoms with Gasteiger partial charge in [0.2, 0.25) is 0 Å². The summed E-state index contributed by atoms with van der Waals surface area (Å²) in [6, 6.07) is 6.15. The van der Waals surface area contributed by atoms with Gasteiger partial charge < -0.3 is 15.8 Å². The van der Waals surface area contributed by atoms with Crippen LogP contribution in [0, 0.1) is 12.3 Å². The first-order valence-corrected chi connectivity index (χ1v) is 6.50. The third-order valence-corrected chi connectivity index (χ3v) is 3.81. The summed E-state index contributed by atoms with van der Waals surface area (Å²) in [6.07, 6.45) is 0. The molecule has 0 saturated heterocycles. The molecule has 0 bridgehead atoms. The second-order valence-corrected chi connectivity index (χ2v) is 6.11. The van der Waals surface area contributed by atoms with E-state index in [0.717, 1.165) is 16.8 Å². The zero-order valence-electron chi connectivity index (χ0n) is 12.7. The summed E-state index contributed by atoms with van der Waals surface area (Å²) >= 11 is 0. The molecule has 0 amide bonds. The highest BCUT2D eigenvalue weighted by molar-refractivity contribution is 6.02. The van der Waals surface area contributed by atoms with Crippen LogP contribution in [0.5, 0.6) is 0 Å². The van der Waals surface area contributed by atoms with E-state index in [-0.39, 0.29) is 11.3 Å². The lowest BCUT2D eigenvalue weighted by atomic mass is 9.86. The molecular weight excluding hydrogens is 238 g/mol. The van der Waals surface area contributed by atoms with Crippen molar-refractivity contribution in [3.8, 4) is 0 Å². The Balaban J connectivity index is 3.34. The molecule has 0 saturated carbocycles. The van der Waals surface area contributed by atoms with Gasteiger partial charge in [-0.3, -0.25) is 0 Å². The molecule has 4 heteroatoms. The van der Waals surface area contributed by atoms with E-state index >= 15 is 0 Å². The molecule has 4 nitrogen and oxygen atoms in total. The number of nitrogens with zero attached hydrogens (tertiary/aromatic N) is 2. The fourth-order valence-electron chi connectivity index (χ4n) is 2.16. The van der Waals surface area contributed by atoms with Crippen molar-refractivity contribution in [1.29, 1.82) is 0 Å². The monoisotopic (exact) mass is 263 g/mol. The second-order valence-electron chi connectivity index (χ2n) is 6.11. The minimum absolute atomic E-state index is 0.138. The lowest BCUT2D eigenvalue weighted by molar-refractivity contribution is 0.318. The molecule has 1 aromatic carbocycles. The topological polar surface area (TPSA) is 61.9 Å². The average molecular weight is 263 g/mol. The maximum Gasteiger partial charge on any atom is 0.172 e. The van der Waals surface area contributed by atoms with Crippen molar-refractivity contribution >= 4 is 11.5 Å². The van der Waals surface area contributed by atoms with Crippen LogP contribution in [0.1, 0.15) is 38.8 Å². The summed E-state index contributed by atoms with van der Waals surface area (Å²) in [6.45, 7) is 10.8. The zero-order chi connectivity index (χ0) is 14.8. The summed E-state index contributed by atoms with van der Waals surface area (Å²) in [7, 11) is 2.05. The molecule has 0 fully saturated rings. The van der Waals surface area contributed by atoms with Gasteiger partial charge in [-0.05, 0) is 30.9 Å². The van der Waals surface area contributed by atoms with E-state index in [4.69, 9.17) is 10.9 Å². The highest BCUT2D eigenvalue weighted by atomic mass is 16.4. The summed E-state index contributed by atoms with van der Waals surface area (Å²) in [5, 5.41) is 12.1. The molecule has 1 atom stereocenters. The maximum absolute atomic E-state index is 8.93. The van der Waals surface area contributed by atoms with Crippen molar-refractivity contribution in [2.75, 3.05) is 11.9 Å². The first-order chi connectivity index (χ1) is 8.70. The van der Waals surface area contributed by atoms with Crippen LogP contribution in [0.15, 0.2) is 23.4 Å². The number of aryl methyl sites for hydroxylation is 1. The van der Waals surface area contributed by atoms with Crippen molar-refractivity contribution < 1.29 is 5.21 Å². The van der Waals surface area contributed by atoms with Crippen LogP contribution in [0.2, 0.25) is 0 Å². The average Bonchev–Trinajstić information content (AvgIpc) is 2.34. The van der Waals surface area contributed by atoms with E-state index < -0.39 is 0 Å². The van der Waals surface area contributed by atoms with Crippen LogP contribution in [0.3, 0.4) is 0 Å². The standard InChI is InChI=1S/C15H25N3O/c1-10-8-7-9-12(14(16)17-19)13(10)18(6)11(2)15(3,4)5/h7-9,11,19H,1-6H3,(H2,16,17). The smallest absolute Gasteiger partial charge is 0.172 e. The van der Waals surface area contributed by atoms with E-state index in [2.05, 4.69) is 37.8 Å². The number of para-hydroxylation sites is 1. The summed E-state index contributed by atoms with van der Waals surface area (Å²) in [5.41, 5.74) is 8.82. The molecule has 0 spiro atoms. The summed E-state index contributed by atoms with van der Waals surface area (Å²) in [4.78, 5) is 2.20. The van der Waals surface area contributed by atoms with Crippen molar-refractivity contribution in [2.24, 2.45) is 16.3 Å². The normalized spacial score (nSPS) is 14.3. The third-order valence-electron chi connectivity index (χ3n) is 3.81. The van der Waals surface area contributed by atoms with Gasteiger partial charge in [-0.15, -0.1) is 0 Å². The number of oxime groups is 1. The molecule has 1 unspecified atom stereocenters. The molecule has 0 aliphatic carbocycles. The van der Waals surface area contributed by atoms with Gasteiger partial charge in [0.05, 0.1) is 5.69 Å². The van der Waals surface area contributed by atoms with E-state index in [9.17, 15) is 0 Å². The molecule has 0 aromatic heterocycles. The molecular formula is C15H25N3O. The largest absolute Gasteiger partial charge is 0.409 e. The number of hydrogen-bond acceptors (Lipinski definition) is 3. The van der Waals surface area contributed by atoms with Crippen molar-refractivity contribution in [3.63, 3.8) is 0 Å². The van der Waals surface area contributed by atoms with Crippen LogP contribution >= 0.6 is 0 Å². The molecule has 1 rings (SSSR count). The Hall–Kier alpha value is -1.71. The van der Waals surface area contributed by atoms with Gasteiger partial charge in [0.25, 0.3) is 0 Å². The van der Waals surface area contributed by atoms with Gasteiger partial charge in [0.15, 0.2) is 5.84 Å². The Morgan fingerprint density at radius 2 is 1.95 bits per heavy atom. The van der Waals surface area contributed by atoms with E-state index in [1.165, 1.54) is 0 Å². The molecule has 1 aromatic rings. The minimum Gasteiger partial charge on any atom is -0.409 e. The third kappa shape index (κ3) is 3.19. The number of rotatable bonds is 3. The minimum atomic E-state index is 0.138. The van der Waals surface area contributed by atoms with Gasteiger partial charge >= 0.3 is 0 Å². The quantitative estimate of drug-likeness (QED) is 0.381. The summed E-state index contributed by atoms with van der Waals surface area (Å²) in [5.74, 6) is 0.145. The second kappa shape index (κ2) is 5.51. The molecule has 19 heavy (non-hydrogen) atoms. The predicted octanol–water partition coefficient (Wildman–Crippen LogP) is 2.96. The molecule has 0 heterocycles. The van der Waals surface area contributed by atoms with Gasteiger partial charge in [0.1, 0.15) is 0 Å². The number of hydrogen-bond donors (Lipinski definition) is 2. The molecule has 106 valence electrons. The van der Waals surface area contributed by atoms with E-state index in [0.29, 0.717) is 6.04 Å². The highest BCUT2D eigenvalue weighted by Gasteiger charge is 2.26. The highest BCUT2D eigenvalue weighted by Crippen LogP contribution is 2.31. The van der Waals surface area contributed by atoms with Crippen molar-refractivity contribution in [1.82, 2.24) is 0 Å². The van der Waals surface area contributed by atoms with Gasteiger partial charge in [-0.25, -0.2) is 0 Å². The zero-order valence-corrected chi connectivity index (χ0v) is 12.7. The molecule has 0 aliphatic rings. The fraction of sp³-hybridized carbons (Fsp3) is 0.533. The SMILES string of the molecule is Cc1cccc(/C(N)=N/O)c1N(C)C(C)C(C)(C)C. The first kappa shape index (κ1) is 15.3. The van der Waals surface area contributed by atoms with Gasteiger partial charge in [0, 0.05) is 18.7 Å². The van der Waals surface area contributed by atoms with Gasteiger partial charge in [-0.1, -0.05) is 38.1 Å². The predicted molar refractivity (Wildman–Crippen MR) is 81.0 cm³/mol. The Morgan fingerprint density at radius 1 is 1.37 bits per heavy atom. The van der Waals surface area contributed by atoms with Crippen molar-refractivity contribution in [3.05, 3.63) is 29.3 Å². The van der Waals surface area contributed by atoms with E-state index in [1.54, 1.807) is 0 Å².